The highest BCUT2D eigenvalue weighted by molar-refractivity contribution is 6.01. The second kappa shape index (κ2) is 6.43. The normalized spacial score (nSPS) is 26.7. The van der Waals surface area contributed by atoms with Crippen molar-refractivity contribution in [3.63, 3.8) is 0 Å². The molecule has 0 radical (unpaired) electrons. The smallest absolute Gasteiger partial charge is 0.326 e. The molecule has 4 amide bonds. The number of nitrogens with zero attached hydrogens (tertiary/aromatic N) is 3. The molecule has 0 bridgehead atoms. The lowest BCUT2D eigenvalue weighted by Gasteiger charge is -2.36. The minimum Gasteiger partial charge on any atom is -0.340 e. The van der Waals surface area contributed by atoms with Gasteiger partial charge in [0.05, 0.1) is 0 Å². The van der Waals surface area contributed by atoms with Gasteiger partial charge in [-0.1, -0.05) is 0 Å². The summed E-state index contributed by atoms with van der Waals surface area (Å²) in [6.45, 7) is 6.02. The van der Waals surface area contributed by atoms with E-state index in [1.165, 1.54) is 9.80 Å². The fraction of sp³-hybridized carbons (Fsp3) is 0.786. The van der Waals surface area contributed by atoms with Crippen molar-refractivity contribution < 1.29 is 14.4 Å². The molecule has 0 saturated carbocycles. The molecule has 2 aliphatic heterocycles. The van der Waals surface area contributed by atoms with Crippen LogP contribution in [0, 0.1) is 0 Å². The standard InChI is InChI=1S/C14H24N4O3/c1-10-7-17(8-11(2)15-10)12(19)5-4-6-18-13(20)9-16(3)14(18)21/h10-11,15H,4-9H2,1-3H3/t10-,11-/m1/s1. The van der Waals surface area contributed by atoms with Crippen molar-refractivity contribution in [1.82, 2.24) is 20.0 Å². The summed E-state index contributed by atoms with van der Waals surface area (Å²) < 4.78 is 0. The highest BCUT2D eigenvalue weighted by atomic mass is 16.2. The largest absolute Gasteiger partial charge is 0.340 e. The van der Waals surface area contributed by atoms with Crippen LogP contribution in [0.3, 0.4) is 0 Å². The van der Waals surface area contributed by atoms with Gasteiger partial charge >= 0.3 is 6.03 Å². The Morgan fingerprint density at radius 3 is 2.38 bits per heavy atom. The first-order valence-electron chi connectivity index (χ1n) is 7.47. The monoisotopic (exact) mass is 296 g/mol. The predicted molar refractivity (Wildman–Crippen MR) is 77.6 cm³/mol. The second-order valence-electron chi connectivity index (χ2n) is 6.06. The van der Waals surface area contributed by atoms with E-state index in [-0.39, 0.29) is 24.4 Å². The SMILES string of the molecule is C[C@@H]1CN(C(=O)CCCN2C(=O)CN(C)C2=O)C[C@@H](C)N1. The molecule has 0 aliphatic carbocycles. The molecule has 1 N–H and O–H groups in total. The Labute approximate surface area is 125 Å². The van der Waals surface area contributed by atoms with Gasteiger partial charge in [0.15, 0.2) is 0 Å². The molecule has 2 aliphatic rings. The summed E-state index contributed by atoms with van der Waals surface area (Å²) in [5.41, 5.74) is 0. The maximum absolute atomic E-state index is 12.2. The highest BCUT2D eigenvalue weighted by Crippen LogP contribution is 2.11. The molecule has 2 saturated heterocycles. The van der Waals surface area contributed by atoms with Crippen LogP contribution in [0.25, 0.3) is 0 Å². The first kappa shape index (κ1) is 15.8. The molecular weight excluding hydrogens is 272 g/mol. The van der Waals surface area contributed by atoms with E-state index < -0.39 is 0 Å². The van der Waals surface area contributed by atoms with Crippen LogP contribution >= 0.6 is 0 Å². The Morgan fingerprint density at radius 2 is 1.86 bits per heavy atom. The Morgan fingerprint density at radius 1 is 1.24 bits per heavy atom. The lowest BCUT2D eigenvalue weighted by molar-refractivity contribution is -0.133. The second-order valence-corrected chi connectivity index (χ2v) is 6.06. The van der Waals surface area contributed by atoms with E-state index in [9.17, 15) is 14.4 Å². The third kappa shape index (κ3) is 3.72. The summed E-state index contributed by atoms with van der Waals surface area (Å²) >= 11 is 0. The Balaban J connectivity index is 1.77. The van der Waals surface area contributed by atoms with Crippen molar-refractivity contribution in [2.45, 2.75) is 38.8 Å². The van der Waals surface area contributed by atoms with Crippen LogP contribution in [0.15, 0.2) is 0 Å². The number of urea groups is 1. The number of hydrogen-bond donors (Lipinski definition) is 1. The minimum atomic E-state index is -0.267. The fourth-order valence-corrected chi connectivity index (χ4v) is 2.97. The van der Waals surface area contributed by atoms with Gasteiger partial charge in [0.1, 0.15) is 6.54 Å². The van der Waals surface area contributed by atoms with E-state index in [0.717, 1.165) is 0 Å². The molecule has 2 atom stereocenters. The average Bonchev–Trinajstić information content (AvgIpc) is 2.63. The van der Waals surface area contributed by atoms with E-state index in [1.54, 1.807) is 7.05 Å². The van der Waals surface area contributed by atoms with Gasteiger partial charge < -0.3 is 15.1 Å². The van der Waals surface area contributed by atoms with Gasteiger partial charge in [-0.2, -0.15) is 0 Å². The molecule has 118 valence electrons. The molecule has 0 aromatic heterocycles. The van der Waals surface area contributed by atoms with Crippen molar-refractivity contribution in [1.29, 1.82) is 0 Å². The number of piperazine rings is 1. The van der Waals surface area contributed by atoms with Crippen molar-refractivity contribution in [3.8, 4) is 0 Å². The zero-order valence-electron chi connectivity index (χ0n) is 13.0. The topological polar surface area (TPSA) is 73.0 Å². The third-order valence-corrected chi connectivity index (χ3v) is 3.91. The van der Waals surface area contributed by atoms with Crippen molar-refractivity contribution in [3.05, 3.63) is 0 Å². The first-order chi connectivity index (χ1) is 9.88. The van der Waals surface area contributed by atoms with Gasteiger partial charge in [-0.05, 0) is 20.3 Å². The van der Waals surface area contributed by atoms with Crippen LogP contribution in [-0.4, -0.2) is 77.9 Å². The van der Waals surface area contributed by atoms with Gasteiger partial charge in [-0.15, -0.1) is 0 Å². The molecule has 0 spiro atoms. The molecule has 7 heteroatoms. The van der Waals surface area contributed by atoms with Gasteiger partial charge in [0, 0.05) is 45.2 Å². The molecule has 0 aromatic rings. The molecule has 7 nitrogen and oxygen atoms in total. The summed E-state index contributed by atoms with van der Waals surface area (Å²) in [5, 5.41) is 3.38. The van der Waals surface area contributed by atoms with Gasteiger partial charge in [0.25, 0.3) is 0 Å². The summed E-state index contributed by atoms with van der Waals surface area (Å²) in [4.78, 5) is 40.0. The number of rotatable bonds is 4. The van der Waals surface area contributed by atoms with E-state index in [1.807, 2.05) is 4.90 Å². The average molecular weight is 296 g/mol. The number of hydrogen-bond acceptors (Lipinski definition) is 4. The zero-order valence-corrected chi connectivity index (χ0v) is 13.0. The van der Waals surface area contributed by atoms with E-state index in [0.29, 0.717) is 44.6 Å². The number of amides is 4. The van der Waals surface area contributed by atoms with Crippen LogP contribution in [0.1, 0.15) is 26.7 Å². The lowest BCUT2D eigenvalue weighted by Crippen LogP contribution is -2.55. The molecule has 0 aromatic carbocycles. The van der Waals surface area contributed by atoms with E-state index in [2.05, 4.69) is 19.2 Å². The van der Waals surface area contributed by atoms with Crippen molar-refractivity contribution >= 4 is 17.8 Å². The molecule has 21 heavy (non-hydrogen) atoms. The quantitative estimate of drug-likeness (QED) is 0.734. The van der Waals surface area contributed by atoms with Crippen LogP contribution in [0.5, 0.6) is 0 Å². The van der Waals surface area contributed by atoms with Crippen molar-refractivity contribution in [2.24, 2.45) is 0 Å². The number of carbonyl (C=O) groups is 3. The Bertz CT molecular complexity index is 430. The number of likely N-dealkylation sites (N-methyl/N-ethyl adjacent to an activating group) is 1. The summed E-state index contributed by atoms with van der Waals surface area (Å²) in [6, 6.07) is 0.332. The minimum absolute atomic E-state index is 0.0997. The summed E-state index contributed by atoms with van der Waals surface area (Å²) in [6.07, 6.45) is 0.900. The maximum Gasteiger partial charge on any atom is 0.326 e. The van der Waals surface area contributed by atoms with Crippen LogP contribution in [0.2, 0.25) is 0 Å². The van der Waals surface area contributed by atoms with Crippen LogP contribution in [-0.2, 0) is 9.59 Å². The van der Waals surface area contributed by atoms with Crippen molar-refractivity contribution in [2.75, 3.05) is 33.2 Å². The predicted octanol–water partition coefficient (Wildman–Crippen LogP) is -0.131. The van der Waals surface area contributed by atoms with Gasteiger partial charge in [-0.3, -0.25) is 14.5 Å². The number of imide groups is 1. The van der Waals surface area contributed by atoms with E-state index in [4.69, 9.17) is 0 Å². The summed E-state index contributed by atoms with van der Waals surface area (Å²) in [7, 11) is 1.61. The first-order valence-corrected chi connectivity index (χ1v) is 7.47. The zero-order chi connectivity index (χ0) is 15.6. The number of carbonyl (C=O) groups excluding carboxylic acids is 3. The number of nitrogens with one attached hydrogen (secondary N) is 1. The molecule has 0 unspecified atom stereocenters. The molecule has 2 rings (SSSR count). The highest BCUT2D eigenvalue weighted by Gasteiger charge is 2.33. The maximum atomic E-state index is 12.2. The lowest BCUT2D eigenvalue weighted by atomic mass is 10.1. The fourth-order valence-electron chi connectivity index (χ4n) is 2.97. The summed E-state index contributed by atoms with van der Waals surface area (Å²) in [5.74, 6) is -0.0815. The Hall–Kier alpha value is -1.63. The van der Waals surface area contributed by atoms with E-state index >= 15 is 0 Å². The van der Waals surface area contributed by atoms with Crippen LogP contribution < -0.4 is 5.32 Å². The third-order valence-electron chi connectivity index (χ3n) is 3.91. The molecule has 2 fully saturated rings. The van der Waals surface area contributed by atoms with Gasteiger partial charge in [0.2, 0.25) is 11.8 Å². The van der Waals surface area contributed by atoms with Gasteiger partial charge in [-0.25, -0.2) is 4.79 Å². The molecule has 2 heterocycles. The Kier molecular flexibility index (Phi) is 4.82. The van der Waals surface area contributed by atoms with Crippen LogP contribution in [0.4, 0.5) is 4.79 Å². The molecular formula is C14H24N4O3.